The lowest BCUT2D eigenvalue weighted by Crippen LogP contribution is -2.44. The van der Waals surface area contributed by atoms with E-state index in [-0.39, 0.29) is 5.91 Å². The van der Waals surface area contributed by atoms with Crippen LogP contribution in [-0.4, -0.2) is 23.4 Å². The molecule has 1 unspecified atom stereocenters. The zero-order chi connectivity index (χ0) is 13.7. The number of likely N-dealkylation sites (tertiary alicyclic amines) is 1. The molecule has 19 heavy (non-hydrogen) atoms. The van der Waals surface area contributed by atoms with Crippen molar-refractivity contribution in [1.82, 2.24) is 4.90 Å². The lowest BCUT2D eigenvalue weighted by molar-refractivity contribution is -0.134. The van der Waals surface area contributed by atoms with Crippen molar-refractivity contribution in [2.75, 3.05) is 12.3 Å². The van der Waals surface area contributed by atoms with E-state index in [1.165, 1.54) is 6.42 Å². The Hall–Kier alpha value is -1.51. The third kappa shape index (κ3) is 3.72. The van der Waals surface area contributed by atoms with E-state index < -0.39 is 0 Å². The molecule has 2 rings (SSSR count). The lowest BCUT2D eigenvalue weighted by atomic mass is 9.97. The van der Waals surface area contributed by atoms with Crippen molar-refractivity contribution in [2.45, 2.75) is 51.5 Å². The number of nitrogens with two attached hydrogens (primary N) is 1. The third-order valence-electron chi connectivity index (χ3n) is 3.88. The number of nitrogens with zero attached hydrogens (tertiary/aromatic N) is 1. The molecule has 0 spiro atoms. The summed E-state index contributed by atoms with van der Waals surface area (Å²) in [5.41, 5.74) is 7.51. The van der Waals surface area contributed by atoms with Crippen LogP contribution in [0.15, 0.2) is 24.3 Å². The van der Waals surface area contributed by atoms with Gasteiger partial charge in [0.15, 0.2) is 0 Å². The van der Waals surface area contributed by atoms with E-state index in [1.807, 2.05) is 24.3 Å². The van der Waals surface area contributed by atoms with Crippen LogP contribution in [0.3, 0.4) is 0 Å². The number of piperidine rings is 1. The van der Waals surface area contributed by atoms with Crippen LogP contribution in [0.4, 0.5) is 5.69 Å². The summed E-state index contributed by atoms with van der Waals surface area (Å²) in [6, 6.07) is 8.10. The molecule has 1 aliphatic rings. The first-order valence-corrected chi connectivity index (χ1v) is 7.34. The third-order valence-corrected chi connectivity index (χ3v) is 3.88. The largest absolute Gasteiger partial charge is 0.399 e. The maximum atomic E-state index is 12.4. The Balaban J connectivity index is 2.01. The number of carbonyl (C=O) groups is 1. The summed E-state index contributed by atoms with van der Waals surface area (Å²) in [5.74, 6) is 0.253. The Labute approximate surface area is 115 Å². The topological polar surface area (TPSA) is 46.3 Å². The smallest absolute Gasteiger partial charge is 0.227 e. The van der Waals surface area contributed by atoms with Crippen LogP contribution < -0.4 is 5.73 Å². The number of rotatable bonds is 4. The standard InChI is InChI=1S/C16H24N2O/c1-2-6-15-9-3-4-10-18(15)16(19)12-13-7-5-8-14(17)11-13/h5,7-8,11,15H,2-4,6,9-10,12,17H2,1H3. The summed E-state index contributed by atoms with van der Waals surface area (Å²) in [4.78, 5) is 14.5. The van der Waals surface area contributed by atoms with E-state index in [1.54, 1.807) is 0 Å². The molecule has 1 amide bonds. The molecule has 1 atom stereocenters. The van der Waals surface area contributed by atoms with Crippen LogP contribution >= 0.6 is 0 Å². The molecule has 1 heterocycles. The van der Waals surface area contributed by atoms with Crippen LogP contribution in [-0.2, 0) is 11.2 Å². The molecule has 0 aliphatic carbocycles. The van der Waals surface area contributed by atoms with Crippen molar-refractivity contribution in [1.29, 1.82) is 0 Å². The number of hydrogen-bond donors (Lipinski definition) is 1. The summed E-state index contributed by atoms with van der Waals surface area (Å²) in [6.45, 7) is 3.11. The summed E-state index contributed by atoms with van der Waals surface area (Å²) in [7, 11) is 0. The van der Waals surface area contributed by atoms with Gasteiger partial charge in [-0.25, -0.2) is 0 Å². The molecule has 2 N–H and O–H groups in total. The molecular weight excluding hydrogens is 236 g/mol. The number of anilines is 1. The molecule has 1 aromatic carbocycles. The van der Waals surface area contributed by atoms with Gasteiger partial charge in [-0.1, -0.05) is 25.5 Å². The number of benzene rings is 1. The van der Waals surface area contributed by atoms with Gasteiger partial charge in [0.1, 0.15) is 0 Å². The predicted octanol–water partition coefficient (Wildman–Crippen LogP) is 2.99. The molecule has 3 heteroatoms. The zero-order valence-electron chi connectivity index (χ0n) is 11.8. The first-order valence-electron chi connectivity index (χ1n) is 7.34. The molecule has 0 saturated carbocycles. The molecule has 1 aromatic rings. The Bertz CT molecular complexity index is 429. The van der Waals surface area contributed by atoms with E-state index in [2.05, 4.69) is 11.8 Å². The minimum atomic E-state index is 0.253. The van der Waals surface area contributed by atoms with Gasteiger partial charge in [0, 0.05) is 18.3 Å². The summed E-state index contributed by atoms with van der Waals surface area (Å²) >= 11 is 0. The minimum absolute atomic E-state index is 0.253. The number of carbonyl (C=O) groups excluding carboxylic acids is 1. The molecule has 3 nitrogen and oxygen atoms in total. The average molecular weight is 260 g/mol. The minimum Gasteiger partial charge on any atom is -0.399 e. The quantitative estimate of drug-likeness (QED) is 0.846. The van der Waals surface area contributed by atoms with E-state index in [0.717, 1.165) is 43.5 Å². The fourth-order valence-corrected chi connectivity index (χ4v) is 2.94. The second kappa shape index (κ2) is 6.60. The van der Waals surface area contributed by atoms with Gasteiger partial charge in [-0.15, -0.1) is 0 Å². The van der Waals surface area contributed by atoms with Crippen molar-refractivity contribution in [3.63, 3.8) is 0 Å². The summed E-state index contributed by atoms with van der Waals surface area (Å²) in [6.07, 6.45) is 6.31. The fraction of sp³-hybridized carbons (Fsp3) is 0.562. The van der Waals surface area contributed by atoms with Crippen molar-refractivity contribution >= 4 is 11.6 Å². The van der Waals surface area contributed by atoms with Gasteiger partial charge in [-0.2, -0.15) is 0 Å². The van der Waals surface area contributed by atoms with Gasteiger partial charge >= 0.3 is 0 Å². The van der Waals surface area contributed by atoms with E-state index >= 15 is 0 Å². The van der Waals surface area contributed by atoms with Crippen molar-refractivity contribution in [2.24, 2.45) is 0 Å². The Morgan fingerprint density at radius 3 is 3.00 bits per heavy atom. The zero-order valence-corrected chi connectivity index (χ0v) is 11.8. The van der Waals surface area contributed by atoms with Gasteiger partial charge in [-0.05, 0) is 43.4 Å². The van der Waals surface area contributed by atoms with Crippen molar-refractivity contribution < 1.29 is 4.79 Å². The Morgan fingerprint density at radius 1 is 1.42 bits per heavy atom. The highest BCUT2D eigenvalue weighted by molar-refractivity contribution is 5.79. The molecule has 104 valence electrons. The first-order chi connectivity index (χ1) is 9.20. The Morgan fingerprint density at radius 2 is 2.26 bits per heavy atom. The average Bonchev–Trinajstić information content (AvgIpc) is 2.39. The second-order valence-corrected chi connectivity index (χ2v) is 5.45. The van der Waals surface area contributed by atoms with Crippen molar-refractivity contribution in [3.8, 4) is 0 Å². The van der Waals surface area contributed by atoms with Crippen LogP contribution in [0.1, 0.15) is 44.6 Å². The highest BCUT2D eigenvalue weighted by atomic mass is 16.2. The van der Waals surface area contributed by atoms with Crippen LogP contribution in [0.25, 0.3) is 0 Å². The molecule has 0 aromatic heterocycles. The maximum absolute atomic E-state index is 12.4. The van der Waals surface area contributed by atoms with Gasteiger partial charge in [-0.3, -0.25) is 4.79 Å². The van der Waals surface area contributed by atoms with Crippen LogP contribution in [0, 0.1) is 0 Å². The lowest BCUT2D eigenvalue weighted by Gasteiger charge is -2.36. The molecule has 0 bridgehead atoms. The molecule has 0 radical (unpaired) electrons. The highest BCUT2D eigenvalue weighted by Gasteiger charge is 2.25. The van der Waals surface area contributed by atoms with Gasteiger partial charge in [0.05, 0.1) is 6.42 Å². The predicted molar refractivity (Wildman–Crippen MR) is 78.8 cm³/mol. The monoisotopic (exact) mass is 260 g/mol. The molecule has 1 fully saturated rings. The fourth-order valence-electron chi connectivity index (χ4n) is 2.94. The summed E-state index contributed by atoms with van der Waals surface area (Å²) < 4.78 is 0. The number of nitrogen functional groups attached to an aromatic ring is 1. The van der Waals surface area contributed by atoms with E-state index in [0.29, 0.717) is 12.5 Å². The second-order valence-electron chi connectivity index (χ2n) is 5.45. The first kappa shape index (κ1) is 13.9. The SMILES string of the molecule is CCCC1CCCCN1C(=O)Cc1cccc(N)c1. The van der Waals surface area contributed by atoms with Crippen molar-refractivity contribution in [3.05, 3.63) is 29.8 Å². The highest BCUT2D eigenvalue weighted by Crippen LogP contribution is 2.22. The van der Waals surface area contributed by atoms with Gasteiger partial charge in [0.2, 0.25) is 5.91 Å². The van der Waals surface area contributed by atoms with Gasteiger partial charge in [0.25, 0.3) is 0 Å². The van der Waals surface area contributed by atoms with Gasteiger partial charge < -0.3 is 10.6 Å². The normalized spacial score (nSPS) is 19.4. The van der Waals surface area contributed by atoms with Crippen LogP contribution in [0.2, 0.25) is 0 Å². The van der Waals surface area contributed by atoms with E-state index in [4.69, 9.17) is 5.73 Å². The molecule has 1 aliphatic heterocycles. The van der Waals surface area contributed by atoms with E-state index in [9.17, 15) is 4.79 Å². The number of hydrogen-bond acceptors (Lipinski definition) is 2. The number of amides is 1. The molecular formula is C16H24N2O. The summed E-state index contributed by atoms with van der Waals surface area (Å²) in [5, 5.41) is 0. The molecule has 1 saturated heterocycles. The Kier molecular flexibility index (Phi) is 4.83. The maximum Gasteiger partial charge on any atom is 0.227 e. The van der Waals surface area contributed by atoms with Crippen LogP contribution in [0.5, 0.6) is 0 Å².